The molecule has 3 aromatic carbocycles. The van der Waals surface area contributed by atoms with E-state index in [1.165, 1.54) is 16.6 Å². The number of hydrogen-bond donors (Lipinski definition) is 0. The molecule has 0 aromatic heterocycles. The zero-order valence-electron chi connectivity index (χ0n) is 15.1. The van der Waals surface area contributed by atoms with E-state index in [2.05, 4.69) is 88.5 Å². The lowest BCUT2D eigenvalue weighted by atomic mass is 10.0. The molecule has 0 atom stereocenters. The molecule has 0 saturated heterocycles. The number of rotatable bonds is 3. The van der Waals surface area contributed by atoms with E-state index in [-0.39, 0.29) is 0 Å². The third kappa shape index (κ3) is 2.77. The molecule has 0 saturated carbocycles. The molecule has 2 aliphatic rings. The zero-order chi connectivity index (χ0) is 18.2. The van der Waals surface area contributed by atoms with E-state index >= 15 is 0 Å². The molecule has 5 rings (SSSR count). The first-order chi connectivity index (χ1) is 13.3. The maximum Gasteiger partial charge on any atom is 0.106 e. The number of aromatic nitrogens is 3. The van der Waals surface area contributed by atoms with Crippen LogP contribution in [0.1, 0.15) is 11.1 Å². The number of fused-ring (bicyclic) bond motifs is 3. The second kappa shape index (κ2) is 6.36. The first-order valence-electron chi connectivity index (χ1n) is 9.15. The highest BCUT2D eigenvalue weighted by Gasteiger charge is 2.20. The van der Waals surface area contributed by atoms with Crippen LogP contribution in [0.15, 0.2) is 85.1 Å². The monoisotopic (exact) mass is 349 g/mol. The summed E-state index contributed by atoms with van der Waals surface area (Å²) in [7, 11) is 0. The SMILES string of the molecule is Cc1ccc2c(c1)c1nnc(-c3ccccc3)c-1cn2Cc1ccccc1. The molecule has 3 nitrogen and oxygen atoms in total. The molecule has 0 amide bonds. The molecule has 2 aliphatic heterocycles. The van der Waals surface area contributed by atoms with Gasteiger partial charge in [-0.3, -0.25) is 0 Å². The largest absolute Gasteiger partial charge is 0.342 e. The summed E-state index contributed by atoms with van der Waals surface area (Å²) in [6, 6.07) is 27.4. The Kier molecular flexibility index (Phi) is 3.72. The van der Waals surface area contributed by atoms with E-state index in [9.17, 15) is 0 Å². The van der Waals surface area contributed by atoms with Crippen LogP contribution in [0.5, 0.6) is 0 Å². The van der Waals surface area contributed by atoms with Crippen LogP contribution >= 0.6 is 0 Å². The van der Waals surface area contributed by atoms with Gasteiger partial charge in [-0.15, -0.1) is 10.2 Å². The fourth-order valence-electron chi connectivity index (χ4n) is 3.68. The van der Waals surface area contributed by atoms with Gasteiger partial charge < -0.3 is 4.57 Å². The molecule has 0 spiro atoms. The summed E-state index contributed by atoms with van der Waals surface area (Å²) < 4.78 is 2.31. The van der Waals surface area contributed by atoms with Gasteiger partial charge in [-0.25, -0.2) is 0 Å². The van der Waals surface area contributed by atoms with Crippen molar-refractivity contribution in [1.29, 1.82) is 0 Å². The van der Waals surface area contributed by atoms with Gasteiger partial charge in [-0.2, -0.15) is 0 Å². The Morgan fingerprint density at radius 2 is 1.48 bits per heavy atom. The summed E-state index contributed by atoms with van der Waals surface area (Å²) in [5, 5.41) is 10.2. The lowest BCUT2D eigenvalue weighted by Gasteiger charge is -2.15. The van der Waals surface area contributed by atoms with Gasteiger partial charge in [0.1, 0.15) is 11.4 Å². The molecule has 0 fully saturated rings. The van der Waals surface area contributed by atoms with Crippen molar-refractivity contribution in [2.45, 2.75) is 13.5 Å². The van der Waals surface area contributed by atoms with Crippen LogP contribution in [-0.4, -0.2) is 14.8 Å². The number of aryl methyl sites for hydroxylation is 1. The van der Waals surface area contributed by atoms with Crippen molar-refractivity contribution in [3.63, 3.8) is 0 Å². The van der Waals surface area contributed by atoms with Crippen molar-refractivity contribution in [1.82, 2.24) is 14.8 Å². The molecule has 2 heterocycles. The maximum absolute atomic E-state index is 4.55. The minimum Gasteiger partial charge on any atom is -0.342 e. The van der Waals surface area contributed by atoms with Crippen molar-refractivity contribution in [2.75, 3.05) is 0 Å². The van der Waals surface area contributed by atoms with Gasteiger partial charge in [-0.05, 0) is 24.6 Å². The van der Waals surface area contributed by atoms with Gasteiger partial charge >= 0.3 is 0 Å². The van der Waals surface area contributed by atoms with E-state index in [0.29, 0.717) is 0 Å². The van der Waals surface area contributed by atoms with Gasteiger partial charge in [0.15, 0.2) is 0 Å². The second-order valence-electron chi connectivity index (χ2n) is 6.94. The molecule has 27 heavy (non-hydrogen) atoms. The normalized spacial score (nSPS) is 11.3. The molecular weight excluding hydrogens is 330 g/mol. The summed E-state index contributed by atoms with van der Waals surface area (Å²) in [5.74, 6) is 0. The molecule has 3 aromatic rings. The average Bonchev–Trinajstić information content (AvgIpc) is 3.13. The van der Waals surface area contributed by atoms with Crippen molar-refractivity contribution in [2.24, 2.45) is 0 Å². The van der Waals surface area contributed by atoms with Crippen LogP contribution in [0.3, 0.4) is 0 Å². The lowest BCUT2D eigenvalue weighted by molar-refractivity contribution is 0.828. The van der Waals surface area contributed by atoms with E-state index < -0.39 is 0 Å². The van der Waals surface area contributed by atoms with E-state index in [0.717, 1.165) is 34.4 Å². The predicted molar refractivity (Wildman–Crippen MR) is 110 cm³/mol. The van der Waals surface area contributed by atoms with Crippen LogP contribution in [0.2, 0.25) is 0 Å². The van der Waals surface area contributed by atoms with Gasteiger partial charge in [0.25, 0.3) is 0 Å². The molecular formula is C24H19N3. The van der Waals surface area contributed by atoms with Crippen LogP contribution in [0.25, 0.3) is 33.4 Å². The second-order valence-corrected chi connectivity index (χ2v) is 6.94. The minimum atomic E-state index is 0.815. The molecule has 0 bridgehead atoms. The third-order valence-corrected chi connectivity index (χ3v) is 5.00. The van der Waals surface area contributed by atoms with Crippen LogP contribution in [0.4, 0.5) is 0 Å². The smallest absolute Gasteiger partial charge is 0.106 e. The molecule has 0 radical (unpaired) electrons. The van der Waals surface area contributed by atoms with Crippen molar-refractivity contribution in [3.8, 4) is 22.5 Å². The van der Waals surface area contributed by atoms with E-state index in [1.54, 1.807) is 0 Å². The average molecular weight is 349 g/mol. The number of benzene rings is 3. The number of hydrogen-bond acceptors (Lipinski definition) is 2. The molecule has 0 N–H and O–H groups in total. The standard InChI is InChI=1S/C24H19N3/c1-17-12-13-22-20(14-17)24-21(16-27(22)15-18-8-4-2-5-9-18)23(25-26-24)19-10-6-3-7-11-19/h2-14,16H,15H2,1H3. The topological polar surface area (TPSA) is 30.7 Å². The van der Waals surface area contributed by atoms with Crippen molar-refractivity contribution >= 4 is 10.9 Å². The van der Waals surface area contributed by atoms with Crippen LogP contribution in [0, 0.1) is 6.92 Å². The first-order valence-corrected chi connectivity index (χ1v) is 9.15. The Balaban J connectivity index is 1.77. The quantitative estimate of drug-likeness (QED) is 0.427. The minimum absolute atomic E-state index is 0.815. The maximum atomic E-state index is 4.55. The van der Waals surface area contributed by atoms with Crippen LogP contribution in [-0.2, 0) is 6.54 Å². The van der Waals surface area contributed by atoms with E-state index in [4.69, 9.17) is 0 Å². The summed E-state index contributed by atoms with van der Waals surface area (Å²) in [6.07, 6.45) is 2.20. The fourth-order valence-corrected chi connectivity index (χ4v) is 3.68. The Bertz CT molecular complexity index is 1190. The molecule has 0 unspecified atom stereocenters. The fraction of sp³-hybridized carbons (Fsp3) is 0.0833. The Hall–Kier alpha value is -3.46. The Labute approximate surface area is 158 Å². The van der Waals surface area contributed by atoms with Gasteiger partial charge in [0.05, 0.1) is 5.52 Å². The van der Waals surface area contributed by atoms with Crippen molar-refractivity contribution in [3.05, 3.63) is 96.2 Å². The predicted octanol–water partition coefficient (Wildman–Crippen LogP) is 5.56. The highest BCUT2D eigenvalue weighted by molar-refractivity contribution is 5.98. The summed E-state index contributed by atoms with van der Waals surface area (Å²) in [5.41, 5.74) is 7.78. The lowest BCUT2D eigenvalue weighted by Crippen LogP contribution is -2.04. The first kappa shape index (κ1) is 15.8. The van der Waals surface area contributed by atoms with Gasteiger partial charge in [0, 0.05) is 29.3 Å². The van der Waals surface area contributed by atoms with Gasteiger partial charge in [0.2, 0.25) is 0 Å². The zero-order valence-corrected chi connectivity index (χ0v) is 15.1. The summed E-state index contributed by atoms with van der Waals surface area (Å²) >= 11 is 0. The number of pyridine rings is 1. The van der Waals surface area contributed by atoms with Crippen LogP contribution < -0.4 is 0 Å². The number of nitrogens with zero attached hydrogens (tertiary/aromatic N) is 3. The third-order valence-electron chi connectivity index (χ3n) is 5.00. The molecule has 0 aliphatic carbocycles. The summed E-state index contributed by atoms with van der Waals surface area (Å²) in [4.78, 5) is 0. The highest BCUT2D eigenvalue weighted by atomic mass is 15.1. The molecule has 130 valence electrons. The summed E-state index contributed by atoms with van der Waals surface area (Å²) in [6.45, 7) is 2.93. The van der Waals surface area contributed by atoms with Gasteiger partial charge in [-0.1, -0.05) is 72.3 Å². The molecule has 3 heteroatoms. The van der Waals surface area contributed by atoms with Crippen molar-refractivity contribution < 1.29 is 0 Å². The Morgan fingerprint density at radius 1 is 0.778 bits per heavy atom. The highest BCUT2D eigenvalue weighted by Crippen LogP contribution is 2.36. The Morgan fingerprint density at radius 3 is 2.26 bits per heavy atom. The van der Waals surface area contributed by atoms with E-state index in [1.807, 2.05) is 18.2 Å².